The summed E-state index contributed by atoms with van der Waals surface area (Å²) in [6, 6.07) is 0. The molecule has 0 rings (SSSR count). The van der Waals surface area contributed by atoms with E-state index in [1.807, 2.05) is 0 Å². The number of rotatable bonds is 79. The van der Waals surface area contributed by atoms with Crippen LogP contribution in [0.5, 0.6) is 0 Å². The predicted molar refractivity (Wildman–Crippen MR) is 414 cm³/mol. The molecule has 600 valence electrons. The van der Waals surface area contributed by atoms with Crippen molar-refractivity contribution in [1.82, 2.24) is 0 Å². The first-order valence-electron chi connectivity index (χ1n) is 42.2. The molecule has 0 heterocycles. The lowest BCUT2D eigenvalue weighted by atomic mass is 10.00. The first-order valence-corrected chi connectivity index (χ1v) is 45.2. The molecule has 0 aliphatic carbocycles. The largest absolute Gasteiger partial charge is 0.472 e. The maximum atomic E-state index is 13.1. The van der Waals surface area contributed by atoms with Crippen LogP contribution in [0.25, 0.3) is 0 Å². The van der Waals surface area contributed by atoms with Crippen molar-refractivity contribution in [2.24, 2.45) is 23.7 Å². The first kappa shape index (κ1) is 99.1. The maximum absolute atomic E-state index is 13.1. The third-order valence-corrected chi connectivity index (χ3v) is 21.3. The fraction of sp³-hybridized carbons (Fsp3) is 0.951. The maximum Gasteiger partial charge on any atom is 0.472 e. The van der Waals surface area contributed by atoms with Crippen LogP contribution in [-0.4, -0.2) is 96.7 Å². The van der Waals surface area contributed by atoms with Crippen molar-refractivity contribution in [3.63, 3.8) is 0 Å². The van der Waals surface area contributed by atoms with Gasteiger partial charge in [-0.15, -0.1) is 0 Å². The monoisotopic (exact) mass is 1480 g/mol. The third kappa shape index (κ3) is 74.7. The van der Waals surface area contributed by atoms with E-state index in [0.717, 1.165) is 120 Å². The van der Waals surface area contributed by atoms with Gasteiger partial charge in [-0.2, -0.15) is 0 Å². The van der Waals surface area contributed by atoms with Crippen molar-refractivity contribution in [3.05, 3.63) is 0 Å². The summed E-state index contributed by atoms with van der Waals surface area (Å²) < 4.78 is 68.8. The van der Waals surface area contributed by atoms with E-state index in [9.17, 15) is 43.2 Å². The lowest BCUT2D eigenvalue weighted by Gasteiger charge is -2.21. The van der Waals surface area contributed by atoms with Gasteiger partial charge in [0.15, 0.2) is 12.2 Å². The van der Waals surface area contributed by atoms with Crippen LogP contribution in [-0.2, 0) is 65.4 Å². The number of aliphatic hydroxyl groups excluding tert-OH is 1. The van der Waals surface area contributed by atoms with E-state index in [0.29, 0.717) is 25.7 Å². The van der Waals surface area contributed by atoms with Crippen LogP contribution < -0.4 is 0 Å². The van der Waals surface area contributed by atoms with Crippen molar-refractivity contribution in [2.75, 3.05) is 39.6 Å². The van der Waals surface area contributed by atoms with Gasteiger partial charge in [0.2, 0.25) is 0 Å². The molecule has 3 N–H and O–H groups in total. The van der Waals surface area contributed by atoms with E-state index < -0.39 is 97.5 Å². The van der Waals surface area contributed by atoms with Crippen molar-refractivity contribution < 1.29 is 80.2 Å². The summed E-state index contributed by atoms with van der Waals surface area (Å²) in [5.74, 6) is 1.00. The molecule has 0 aromatic carbocycles. The number of ether oxygens (including phenoxy) is 4. The van der Waals surface area contributed by atoms with E-state index in [-0.39, 0.29) is 25.7 Å². The van der Waals surface area contributed by atoms with E-state index in [1.54, 1.807) is 0 Å². The molecule has 3 unspecified atom stereocenters. The molecular formula is C82H160O17P2. The number of carbonyl (C=O) groups excluding carboxylic acids is 4. The number of esters is 4. The molecular weight excluding hydrogens is 1320 g/mol. The van der Waals surface area contributed by atoms with Gasteiger partial charge >= 0.3 is 39.5 Å². The molecule has 101 heavy (non-hydrogen) atoms. The summed E-state index contributed by atoms with van der Waals surface area (Å²) in [4.78, 5) is 73.1. The highest BCUT2D eigenvalue weighted by atomic mass is 31.2. The summed E-state index contributed by atoms with van der Waals surface area (Å²) in [5, 5.41) is 10.6. The zero-order valence-corrected chi connectivity index (χ0v) is 68.3. The molecule has 0 saturated carbocycles. The molecule has 0 fully saturated rings. The number of carbonyl (C=O) groups is 4. The second kappa shape index (κ2) is 71.0. The Morgan fingerprint density at radius 3 is 0.703 bits per heavy atom. The Bertz CT molecular complexity index is 1970. The van der Waals surface area contributed by atoms with Crippen molar-refractivity contribution in [3.8, 4) is 0 Å². The Hall–Kier alpha value is -1.94. The highest BCUT2D eigenvalue weighted by Crippen LogP contribution is 2.45. The Labute approximate surface area is 619 Å². The molecule has 17 nitrogen and oxygen atoms in total. The SMILES string of the molecule is CCC(C)CCCCCCCCC(=O)OC[C@H](COP(=O)(O)OC[C@H](O)COP(=O)(O)OC[C@@H](COC(=O)CCCCCCCCCCCCCCCCCCC(C)C)OC(=O)CCCCCCCCCCCCCCCCC(C)C)OC(=O)CCCCCCCCCCCCCCC(C)C. The minimum atomic E-state index is -4.96. The van der Waals surface area contributed by atoms with Gasteiger partial charge in [-0.3, -0.25) is 37.3 Å². The number of unbranched alkanes of at least 4 members (excludes halogenated alkanes) is 44. The molecule has 0 aromatic rings. The van der Waals surface area contributed by atoms with E-state index in [4.69, 9.17) is 37.0 Å². The molecule has 6 atom stereocenters. The highest BCUT2D eigenvalue weighted by Gasteiger charge is 2.30. The van der Waals surface area contributed by atoms with Crippen LogP contribution in [0.15, 0.2) is 0 Å². The van der Waals surface area contributed by atoms with Crippen LogP contribution in [0, 0.1) is 23.7 Å². The van der Waals surface area contributed by atoms with Crippen LogP contribution in [0.2, 0.25) is 0 Å². The van der Waals surface area contributed by atoms with Crippen LogP contribution >= 0.6 is 15.6 Å². The van der Waals surface area contributed by atoms with Crippen LogP contribution in [0.4, 0.5) is 0 Å². The number of phosphoric ester groups is 2. The minimum Gasteiger partial charge on any atom is -0.462 e. The second-order valence-electron chi connectivity index (χ2n) is 31.2. The molecule has 0 aliphatic rings. The molecule has 0 bridgehead atoms. The quantitative estimate of drug-likeness (QED) is 0.0222. The molecule has 0 saturated heterocycles. The van der Waals surface area contributed by atoms with Crippen molar-refractivity contribution >= 4 is 39.5 Å². The normalized spacial score (nSPS) is 14.3. The molecule has 0 amide bonds. The van der Waals surface area contributed by atoms with Gasteiger partial charge in [-0.25, -0.2) is 9.13 Å². The summed E-state index contributed by atoms with van der Waals surface area (Å²) in [6.07, 6.45) is 58.3. The third-order valence-electron chi connectivity index (χ3n) is 19.4. The zero-order valence-electron chi connectivity index (χ0n) is 66.5. The number of hydrogen-bond acceptors (Lipinski definition) is 15. The summed E-state index contributed by atoms with van der Waals surface area (Å²) in [6.45, 7) is 14.3. The molecule has 0 aromatic heterocycles. The van der Waals surface area contributed by atoms with Crippen molar-refractivity contribution in [2.45, 2.75) is 440 Å². The topological polar surface area (TPSA) is 237 Å². The van der Waals surface area contributed by atoms with Crippen molar-refractivity contribution in [1.29, 1.82) is 0 Å². The van der Waals surface area contributed by atoms with Gasteiger partial charge in [-0.05, 0) is 49.4 Å². The van der Waals surface area contributed by atoms with E-state index in [1.165, 1.54) is 218 Å². The fourth-order valence-electron chi connectivity index (χ4n) is 12.6. The lowest BCUT2D eigenvalue weighted by molar-refractivity contribution is -0.161. The van der Waals surface area contributed by atoms with Gasteiger partial charge < -0.3 is 33.8 Å². The summed E-state index contributed by atoms with van der Waals surface area (Å²) >= 11 is 0. The molecule has 0 aliphatic heterocycles. The van der Waals surface area contributed by atoms with Crippen LogP contribution in [0.1, 0.15) is 421 Å². The summed E-state index contributed by atoms with van der Waals surface area (Å²) in [5.41, 5.74) is 0. The Balaban J connectivity index is 5.24. The van der Waals surface area contributed by atoms with Crippen LogP contribution in [0.3, 0.4) is 0 Å². The van der Waals surface area contributed by atoms with Gasteiger partial charge in [-0.1, -0.05) is 370 Å². The molecule has 0 radical (unpaired) electrons. The highest BCUT2D eigenvalue weighted by molar-refractivity contribution is 7.47. The second-order valence-corrected chi connectivity index (χ2v) is 34.1. The van der Waals surface area contributed by atoms with E-state index in [2.05, 4.69) is 55.4 Å². The summed E-state index contributed by atoms with van der Waals surface area (Å²) in [7, 11) is -9.92. The predicted octanol–water partition coefficient (Wildman–Crippen LogP) is 24.4. The number of phosphoric acid groups is 2. The standard InChI is InChI=1S/C82H160O17P2/c1-9-75(8)61-53-45-40-41-47-55-63-80(85)93-69-78(99-82(87)65-57-49-39-33-27-21-20-24-30-36-44-52-60-74(6)7)71-97-101(90,91)95-67-76(83)66-94-100(88,89)96-70-77(98-81(86)64-56-48-38-32-26-19-15-14-17-23-29-35-43-51-59-73(4)5)68-92-79(84)62-54-46-37-31-25-18-13-11-10-12-16-22-28-34-42-50-58-72(2)3/h72-78,83H,9-71H2,1-8H3,(H,88,89)(H,90,91)/t75?,76-,77-,78-/m1/s1. The lowest BCUT2D eigenvalue weighted by Crippen LogP contribution is -2.30. The zero-order chi connectivity index (χ0) is 74.6. The van der Waals surface area contributed by atoms with Gasteiger partial charge in [0.05, 0.1) is 26.4 Å². The minimum absolute atomic E-state index is 0.106. The average Bonchev–Trinajstić information content (AvgIpc) is 0.969. The first-order chi connectivity index (χ1) is 48.6. The smallest absolute Gasteiger partial charge is 0.462 e. The Morgan fingerprint density at radius 2 is 0.475 bits per heavy atom. The molecule has 0 spiro atoms. The number of hydrogen-bond donors (Lipinski definition) is 3. The van der Waals surface area contributed by atoms with Gasteiger partial charge in [0, 0.05) is 25.7 Å². The molecule has 19 heteroatoms. The Morgan fingerprint density at radius 1 is 0.277 bits per heavy atom. The van der Waals surface area contributed by atoms with E-state index >= 15 is 0 Å². The van der Waals surface area contributed by atoms with Gasteiger partial charge in [0.25, 0.3) is 0 Å². The van der Waals surface area contributed by atoms with Gasteiger partial charge in [0.1, 0.15) is 19.3 Å². The average molecular weight is 1480 g/mol. The fourth-order valence-corrected chi connectivity index (χ4v) is 14.2. The number of aliphatic hydroxyl groups is 1. The Kier molecular flexibility index (Phi) is 69.6.